The smallest absolute Gasteiger partial charge is 0.417 e. The first-order valence-electron chi connectivity index (χ1n) is 7.98. The third kappa shape index (κ3) is 17.4. The molecule has 3 nitrogen and oxygen atoms in total. The van der Waals surface area contributed by atoms with Crippen molar-refractivity contribution in [1.29, 1.82) is 0 Å². The highest BCUT2D eigenvalue weighted by Crippen LogP contribution is 2.10. The monoisotopic (exact) mass is 271 g/mol. The van der Waals surface area contributed by atoms with E-state index in [1.54, 1.807) is 0 Å². The molecule has 0 N–H and O–H groups in total. The van der Waals surface area contributed by atoms with Crippen LogP contribution in [0.1, 0.15) is 77.6 Å². The minimum atomic E-state index is 0.418. The Morgan fingerprint density at radius 2 is 1.21 bits per heavy atom. The number of rotatable bonds is 16. The average molecular weight is 271 g/mol. The molecule has 0 rings (SSSR count). The fraction of sp³-hybridized carbons (Fsp3) is 0.938. The van der Waals surface area contributed by atoms with Gasteiger partial charge in [-0.1, -0.05) is 64.7 Å². The van der Waals surface area contributed by atoms with Crippen LogP contribution in [0.25, 0.3) is 0 Å². The van der Waals surface area contributed by atoms with Crippen LogP contribution < -0.4 is 0 Å². The molecule has 1 radical (unpaired) electrons. The number of carbonyl (C=O) groups excluding carboxylic acids is 1. The highest BCUT2D eigenvalue weighted by molar-refractivity contribution is 5.37. The summed E-state index contributed by atoms with van der Waals surface area (Å²) in [5.74, 6) is 0. The van der Waals surface area contributed by atoms with Crippen LogP contribution in [-0.4, -0.2) is 26.3 Å². The van der Waals surface area contributed by atoms with Gasteiger partial charge in [0.15, 0.2) is 0 Å². The van der Waals surface area contributed by atoms with Crippen molar-refractivity contribution < 1.29 is 14.3 Å². The van der Waals surface area contributed by atoms with Gasteiger partial charge < -0.3 is 9.47 Å². The fourth-order valence-corrected chi connectivity index (χ4v) is 2.07. The van der Waals surface area contributed by atoms with E-state index in [9.17, 15) is 4.79 Å². The van der Waals surface area contributed by atoms with E-state index in [1.807, 2.05) is 0 Å². The zero-order chi connectivity index (χ0) is 14.0. The Hall–Kier alpha value is -0.570. The van der Waals surface area contributed by atoms with Gasteiger partial charge in [0.2, 0.25) is 0 Å². The molecular weight excluding hydrogens is 240 g/mol. The Morgan fingerprint density at radius 3 is 1.79 bits per heavy atom. The molecule has 0 atom stereocenters. The van der Waals surface area contributed by atoms with E-state index in [4.69, 9.17) is 4.74 Å². The molecule has 0 aromatic rings. The maximum atomic E-state index is 9.75. The van der Waals surface area contributed by atoms with Crippen molar-refractivity contribution in [3.05, 3.63) is 0 Å². The quantitative estimate of drug-likeness (QED) is 0.390. The Bertz CT molecular complexity index is 171. The lowest BCUT2D eigenvalue weighted by Crippen LogP contribution is -2.01. The molecule has 0 bridgehead atoms. The van der Waals surface area contributed by atoms with Gasteiger partial charge in [-0.15, -0.1) is 0 Å². The molecule has 0 heterocycles. The van der Waals surface area contributed by atoms with Gasteiger partial charge in [-0.05, 0) is 6.42 Å². The topological polar surface area (TPSA) is 35.5 Å². The molecule has 0 aromatic heterocycles. The van der Waals surface area contributed by atoms with Crippen LogP contribution in [0.15, 0.2) is 0 Å². The molecule has 19 heavy (non-hydrogen) atoms. The lowest BCUT2D eigenvalue weighted by atomic mass is 10.1. The predicted octanol–water partition coefficient (Wildman–Crippen LogP) is 4.40. The summed E-state index contributed by atoms with van der Waals surface area (Å²) in [4.78, 5) is 9.75. The van der Waals surface area contributed by atoms with Crippen LogP contribution in [0.2, 0.25) is 0 Å². The first kappa shape index (κ1) is 18.4. The zero-order valence-corrected chi connectivity index (χ0v) is 12.6. The van der Waals surface area contributed by atoms with E-state index in [2.05, 4.69) is 11.7 Å². The summed E-state index contributed by atoms with van der Waals surface area (Å²) in [6.45, 7) is 5.60. The minimum Gasteiger partial charge on any atom is -0.457 e. The highest BCUT2D eigenvalue weighted by Gasteiger charge is 1.93. The van der Waals surface area contributed by atoms with Crippen molar-refractivity contribution >= 4 is 6.47 Å². The predicted molar refractivity (Wildman–Crippen MR) is 78.9 cm³/mol. The standard InChI is InChI=1S/C16H31O3/c1-2-3-4-5-6-7-8-9-10-11-13-18-14-12-15-19-16-17/h2-15H2,1H3. The molecule has 3 heteroatoms. The van der Waals surface area contributed by atoms with Crippen LogP contribution in [0, 0.1) is 0 Å². The van der Waals surface area contributed by atoms with E-state index >= 15 is 0 Å². The van der Waals surface area contributed by atoms with Crippen LogP contribution in [0.4, 0.5) is 0 Å². The molecule has 0 amide bonds. The molecular formula is C16H31O3. The van der Waals surface area contributed by atoms with Crippen molar-refractivity contribution in [3.63, 3.8) is 0 Å². The lowest BCUT2D eigenvalue weighted by molar-refractivity contribution is 0.113. The van der Waals surface area contributed by atoms with Crippen molar-refractivity contribution in [2.75, 3.05) is 19.8 Å². The van der Waals surface area contributed by atoms with E-state index in [0.717, 1.165) is 19.4 Å². The molecule has 0 fully saturated rings. The second-order valence-electron chi connectivity index (χ2n) is 5.08. The van der Waals surface area contributed by atoms with E-state index in [-0.39, 0.29) is 0 Å². The second kappa shape index (κ2) is 17.4. The average Bonchev–Trinajstić information content (AvgIpc) is 2.43. The molecule has 0 saturated carbocycles. The number of ether oxygens (including phenoxy) is 2. The van der Waals surface area contributed by atoms with Crippen LogP contribution >= 0.6 is 0 Å². The van der Waals surface area contributed by atoms with Gasteiger partial charge in [0.1, 0.15) is 0 Å². The number of hydrogen-bond acceptors (Lipinski definition) is 3. The molecule has 0 unspecified atom stereocenters. The summed E-state index contributed by atoms with van der Waals surface area (Å²) in [7, 11) is 0. The number of hydrogen-bond donors (Lipinski definition) is 0. The normalized spacial score (nSPS) is 10.6. The molecule has 0 aromatic carbocycles. The maximum Gasteiger partial charge on any atom is 0.417 e. The van der Waals surface area contributed by atoms with Gasteiger partial charge in [-0.2, -0.15) is 0 Å². The van der Waals surface area contributed by atoms with E-state index in [1.165, 1.54) is 64.3 Å². The van der Waals surface area contributed by atoms with Gasteiger partial charge in [-0.25, -0.2) is 4.79 Å². The second-order valence-corrected chi connectivity index (χ2v) is 5.08. The van der Waals surface area contributed by atoms with E-state index < -0.39 is 0 Å². The Kier molecular flexibility index (Phi) is 16.9. The summed E-state index contributed by atoms with van der Waals surface area (Å²) in [6, 6.07) is 0. The van der Waals surface area contributed by atoms with Gasteiger partial charge in [0.05, 0.1) is 6.61 Å². The largest absolute Gasteiger partial charge is 0.457 e. The van der Waals surface area contributed by atoms with Gasteiger partial charge >= 0.3 is 6.47 Å². The molecule has 113 valence electrons. The van der Waals surface area contributed by atoms with Gasteiger partial charge in [-0.3, -0.25) is 0 Å². The lowest BCUT2D eigenvalue weighted by Gasteiger charge is -2.04. The van der Waals surface area contributed by atoms with Crippen molar-refractivity contribution in [3.8, 4) is 0 Å². The molecule has 0 aliphatic rings. The third-order valence-corrected chi connectivity index (χ3v) is 3.24. The summed E-state index contributed by atoms with van der Waals surface area (Å²) >= 11 is 0. The zero-order valence-electron chi connectivity index (χ0n) is 12.6. The summed E-state index contributed by atoms with van der Waals surface area (Å²) < 4.78 is 9.90. The minimum absolute atomic E-state index is 0.418. The Balaban J connectivity index is 2.89. The molecule has 0 saturated heterocycles. The summed E-state index contributed by atoms with van der Waals surface area (Å²) in [5, 5.41) is 0. The van der Waals surface area contributed by atoms with Crippen LogP contribution in [0.3, 0.4) is 0 Å². The van der Waals surface area contributed by atoms with Crippen LogP contribution in [-0.2, 0) is 14.3 Å². The molecule has 0 spiro atoms. The van der Waals surface area contributed by atoms with Crippen molar-refractivity contribution in [2.24, 2.45) is 0 Å². The Morgan fingerprint density at radius 1 is 0.684 bits per heavy atom. The first-order chi connectivity index (χ1) is 9.41. The van der Waals surface area contributed by atoms with Crippen LogP contribution in [0.5, 0.6) is 0 Å². The Labute approximate surface area is 119 Å². The van der Waals surface area contributed by atoms with E-state index in [0.29, 0.717) is 13.2 Å². The van der Waals surface area contributed by atoms with Gasteiger partial charge in [0, 0.05) is 19.6 Å². The molecule has 0 aliphatic heterocycles. The first-order valence-corrected chi connectivity index (χ1v) is 7.98. The SMILES string of the molecule is CCCCCCCCCCCCOCCCO[C]=O. The maximum absolute atomic E-state index is 9.75. The summed E-state index contributed by atoms with van der Waals surface area (Å²) in [6.07, 6.45) is 14.3. The van der Waals surface area contributed by atoms with Crippen molar-refractivity contribution in [2.45, 2.75) is 77.6 Å². The number of unbranched alkanes of at least 4 members (excludes halogenated alkanes) is 9. The molecule has 0 aliphatic carbocycles. The third-order valence-electron chi connectivity index (χ3n) is 3.24. The van der Waals surface area contributed by atoms with Gasteiger partial charge in [0.25, 0.3) is 0 Å². The highest BCUT2D eigenvalue weighted by atomic mass is 16.5. The van der Waals surface area contributed by atoms with Crippen molar-refractivity contribution in [1.82, 2.24) is 0 Å². The fourth-order valence-electron chi connectivity index (χ4n) is 2.07. The summed E-state index contributed by atoms with van der Waals surface area (Å²) in [5.41, 5.74) is 0.